The van der Waals surface area contributed by atoms with Gasteiger partial charge in [0.2, 0.25) is 10.0 Å². The summed E-state index contributed by atoms with van der Waals surface area (Å²) < 4.78 is 27.4. The van der Waals surface area contributed by atoms with Gasteiger partial charge in [-0.2, -0.15) is 0 Å². The Bertz CT molecular complexity index is 1140. The molecule has 0 aromatic heterocycles. The number of carbonyl (C=O) groups is 2. The van der Waals surface area contributed by atoms with Crippen molar-refractivity contribution in [2.75, 3.05) is 9.62 Å². The number of anilines is 2. The van der Waals surface area contributed by atoms with Crippen molar-refractivity contribution in [2.45, 2.75) is 5.75 Å². The number of imide groups is 1. The van der Waals surface area contributed by atoms with Crippen molar-refractivity contribution >= 4 is 33.2 Å². The van der Waals surface area contributed by atoms with Crippen molar-refractivity contribution in [3.8, 4) is 0 Å². The van der Waals surface area contributed by atoms with Crippen molar-refractivity contribution in [1.82, 2.24) is 0 Å². The molecule has 28 heavy (non-hydrogen) atoms. The largest absolute Gasteiger partial charge is 0.283 e. The van der Waals surface area contributed by atoms with Crippen molar-refractivity contribution in [3.63, 3.8) is 0 Å². The minimum atomic E-state index is -3.65. The molecular weight excluding hydrogens is 376 g/mol. The Morgan fingerprint density at radius 3 is 2.00 bits per heavy atom. The molecule has 0 atom stereocenters. The van der Waals surface area contributed by atoms with E-state index in [1.165, 1.54) is 6.07 Å². The van der Waals surface area contributed by atoms with Gasteiger partial charge in [-0.1, -0.05) is 48.5 Å². The molecule has 0 spiro atoms. The molecule has 1 aliphatic rings. The quantitative estimate of drug-likeness (QED) is 0.675. The lowest BCUT2D eigenvalue weighted by Crippen LogP contribution is -2.29. The highest BCUT2D eigenvalue weighted by atomic mass is 32.2. The molecule has 1 N–H and O–H groups in total. The van der Waals surface area contributed by atoms with E-state index in [1.54, 1.807) is 66.7 Å². The Hall–Kier alpha value is -3.45. The number of fused-ring (bicyclic) bond motifs is 1. The number of hydrogen-bond donors (Lipinski definition) is 1. The van der Waals surface area contributed by atoms with Crippen LogP contribution in [-0.2, 0) is 15.8 Å². The lowest BCUT2D eigenvalue weighted by atomic mass is 10.1. The maximum absolute atomic E-state index is 12.6. The zero-order valence-electron chi connectivity index (χ0n) is 14.7. The van der Waals surface area contributed by atoms with Crippen LogP contribution in [0.15, 0.2) is 78.9 Å². The van der Waals surface area contributed by atoms with Crippen LogP contribution in [0.4, 0.5) is 11.4 Å². The van der Waals surface area contributed by atoms with E-state index in [0.717, 1.165) is 4.90 Å². The zero-order chi connectivity index (χ0) is 19.7. The Kier molecular flexibility index (Phi) is 4.44. The van der Waals surface area contributed by atoms with E-state index in [2.05, 4.69) is 4.72 Å². The first-order valence-corrected chi connectivity index (χ1v) is 10.2. The van der Waals surface area contributed by atoms with Gasteiger partial charge in [-0.05, 0) is 35.9 Å². The fourth-order valence-corrected chi connectivity index (χ4v) is 4.33. The Morgan fingerprint density at radius 2 is 1.36 bits per heavy atom. The van der Waals surface area contributed by atoms with Crippen molar-refractivity contribution < 1.29 is 18.0 Å². The van der Waals surface area contributed by atoms with E-state index in [0.29, 0.717) is 22.4 Å². The normalized spacial score (nSPS) is 13.5. The fourth-order valence-electron chi connectivity index (χ4n) is 3.14. The van der Waals surface area contributed by atoms with Gasteiger partial charge in [0.15, 0.2) is 0 Å². The van der Waals surface area contributed by atoms with Gasteiger partial charge in [0.05, 0.1) is 28.3 Å². The van der Waals surface area contributed by atoms with Gasteiger partial charge in [-0.25, -0.2) is 13.3 Å². The first kappa shape index (κ1) is 17.9. The predicted octanol–water partition coefficient (Wildman–Crippen LogP) is 3.43. The van der Waals surface area contributed by atoms with Crippen LogP contribution in [0.1, 0.15) is 26.3 Å². The van der Waals surface area contributed by atoms with Crippen LogP contribution in [-0.4, -0.2) is 20.2 Å². The number of sulfonamides is 1. The van der Waals surface area contributed by atoms with Gasteiger partial charge < -0.3 is 0 Å². The highest BCUT2D eigenvalue weighted by Crippen LogP contribution is 2.30. The molecule has 0 bridgehead atoms. The molecule has 3 aromatic carbocycles. The average molecular weight is 392 g/mol. The van der Waals surface area contributed by atoms with Gasteiger partial charge in [0, 0.05) is 0 Å². The molecule has 4 rings (SSSR count). The number of nitrogens with zero attached hydrogens (tertiary/aromatic N) is 1. The summed E-state index contributed by atoms with van der Waals surface area (Å²) in [5.41, 5.74) is 1.92. The smallest absolute Gasteiger partial charge is 0.266 e. The van der Waals surface area contributed by atoms with E-state index in [9.17, 15) is 18.0 Å². The van der Waals surface area contributed by atoms with Crippen LogP contribution in [0.3, 0.4) is 0 Å². The second-order valence-corrected chi connectivity index (χ2v) is 8.11. The standard InChI is InChI=1S/C21H16N2O4S/c24-20-18-11-4-5-12-19(18)21(25)23(20)17-10-6-9-16(13-17)22-28(26,27)14-15-7-2-1-3-8-15/h1-13,22H,14H2. The average Bonchev–Trinajstić information content (AvgIpc) is 2.93. The second kappa shape index (κ2) is 6.94. The number of carbonyl (C=O) groups excluding carboxylic acids is 2. The van der Waals surface area contributed by atoms with Gasteiger partial charge in [-0.15, -0.1) is 0 Å². The van der Waals surface area contributed by atoms with E-state index in [4.69, 9.17) is 0 Å². The van der Waals surface area contributed by atoms with Crippen molar-refractivity contribution in [1.29, 1.82) is 0 Å². The summed E-state index contributed by atoms with van der Waals surface area (Å²) in [7, 11) is -3.65. The van der Waals surface area contributed by atoms with Gasteiger partial charge >= 0.3 is 0 Å². The number of hydrogen-bond acceptors (Lipinski definition) is 4. The highest BCUT2D eigenvalue weighted by Gasteiger charge is 2.36. The van der Waals surface area contributed by atoms with Crippen molar-refractivity contribution in [2.24, 2.45) is 0 Å². The molecule has 7 heteroatoms. The molecule has 140 valence electrons. The van der Waals surface area contributed by atoms with E-state index >= 15 is 0 Å². The topological polar surface area (TPSA) is 83.6 Å². The lowest BCUT2D eigenvalue weighted by molar-refractivity contribution is 0.0926. The molecule has 0 unspecified atom stereocenters. The summed E-state index contributed by atoms with van der Waals surface area (Å²) >= 11 is 0. The summed E-state index contributed by atoms with van der Waals surface area (Å²) in [4.78, 5) is 26.3. The van der Waals surface area contributed by atoms with Gasteiger partial charge in [0.1, 0.15) is 0 Å². The molecule has 0 radical (unpaired) electrons. The third kappa shape index (κ3) is 3.39. The van der Waals surface area contributed by atoms with Gasteiger partial charge in [0.25, 0.3) is 11.8 Å². The summed E-state index contributed by atoms with van der Waals surface area (Å²) in [6.07, 6.45) is 0. The molecule has 0 saturated carbocycles. The number of benzene rings is 3. The Balaban J connectivity index is 1.59. The Labute approximate surface area is 162 Å². The van der Waals surface area contributed by atoms with E-state index in [-0.39, 0.29) is 11.4 Å². The number of amides is 2. The summed E-state index contributed by atoms with van der Waals surface area (Å²) in [6, 6.07) is 21.6. The van der Waals surface area contributed by atoms with E-state index in [1.807, 2.05) is 6.07 Å². The first-order chi connectivity index (χ1) is 13.4. The molecule has 1 aliphatic heterocycles. The summed E-state index contributed by atoms with van der Waals surface area (Å²) in [6.45, 7) is 0. The van der Waals surface area contributed by atoms with Crippen LogP contribution in [0.5, 0.6) is 0 Å². The molecule has 6 nitrogen and oxygen atoms in total. The maximum atomic E-state index is 12.6. The van der Waals surface area contributed by atoms with Crippen molar-refractivity contribution in [3.05, 3.63) is 95.6 Å². The summed E-state index contributed by atoms with van der Waals surface area (Å²) in [5.74, 6) is -1.03. The number of rotatable bonds is 5. The first-order valence-electron chi connectivity index (χ1n) is 8.57. The third-order valence-corrected chi connectivity index (χ3v) is 5.63. The van der Waals surface area contributed by atoms with Crippen LogP contribution < -0.4 is 9.62 Å². The van der Waals surface area contributed by atoms with Crippen LogP contribution >= 0.6 is 0 Å². The lowest BCUT2D eigenvalue weighted by Gasteiger charge is -2.16. The molecule has 0 fully saturated rings. The molecule has 1 heterocycles. The summed E-state index contributed by atoms with van der Waals surface area (Å²) in [5, 5.41) is 0. The maximum Gasteiger partial charge on any atom is 0.266 e. The SMILES string of the molecule is O=C1c2ccccc2C(=O)N1c1cccc(NS(=O)(=O)Cc2ccccc2)c1. The molecule has 2 amide bonds. The third-order valence-electron chi connectivity index (χ3n) is 4.37. The molecule has 0 saturated heterocycles. The Morgan fingerprint density at radius 1 is 0.750 bits per heavy atom. The predicted molar refractivity (Wildman–Crippen MR) is 107 cm³/mol. The van der Waals surface area contributed by atoms with Crippen LogP contribution in [0, 0.1) is 0 Å². The highest BCUT2D eigenvalue weighted by molar-refractivity contribution is 7.91. The molecule has 3 aromatic rings. The fraction of sp³-hybridized carbons (Fsp3) is 0.0476. The van der Waals surface area contributed by atoms with Crippen LogP contribution in [0.2, 0.25) is 0 Å². The van der Waals surface area contributed by atoms with E-state index < -0.39 is 21.8 Å². The molecule has 0 aliphatic carbocycles. The minimum absolute atomic E-state index is 0.176. The van der Waals surface area contributed by atoms with Gasteiger partial charge in [-0.3, -0.25) is 14.3 Å². The van der Waals surface area contributed by atoms with Crippen LogP contribution in [0.25, 0.3) is 0 Å². The molecular formula is C21H16N2O4S. The number of nitrogens with one attached hydrogen (secondary N) is 1. The second-order valence-electron chi connectivity index (χ2n) is 6.39. The minimum Gasteiger partial charge on any atom is -0.283 e. The zero-order valence-corrected chi connectivity index (χ0v) is 15.5. The monoisotopic (exact) mass is 392 g/mol.